The summed E-state index contributed by atoms with van der Waals surface area (Å²) in [5.74, 6) is 0.810. The highest BCUT2D eigenvalue weighted by Crippen LogP contribution is 2.31. The fourth-order valence-electron chi connectivity index (χ4n) is 2.02. The molecule has 0 unspecified atom stereocenters. The van der Waals surface area contributed by atoms with Crippen molar-refractivity contribution in [3.8, 4) is 0 Å². The lowest BCUT2D eigenvalue weighted by Gasteiger charge is -2.28. The van der Waals surface area contributed by atoms with Crippen LogP contribution in [0, 0.1) is 5.92 Å². The molecular formula is C14H22. The van der Waals surface area contributed by atoms with Crippen LogP contribution in [0.5, 0.6) is 0 Å². The highest BCUT2D eigenvalue weighted by molar-refractivity contribution is 5.23. The van der Waals surface area contributed by atoms with Gasteiger partial charge in [-0.15, -0.1) is 0 Å². The van der Waals surface area contributed by atoms with E-state index >= 15 is 0 Å². The summed E-state index contributed by atoms with van der Waals surface area (Å²) in [6, 6.07) is 10.8. The van der Waals surface area contributed by atoms with E-state index in [0.29, 0.717) is 5.41 Å². The fraction of sp³-hybridized carbons (Fsp3) is 0.571. The van der Waals surface area contributed by atoms with Crippen molar-refractivity contribution in [3.05, 3.63) is 35.9 Å². The molecule has 78 valence electrons. The first kappa shape index (κ1) is 11.3. The molecule has 0 heterocycles. The minimum Gasteiger partial charge on any atom is -0.0651 e. The molecule has 0 spiro atoms. The third-order valence-electron chi connectivity index (χ3n) is 3.11. The van der Waals surface area contributed by atoms with E-state index in [1.165, 1.54) is 18.4 Å². The Morgan fingerprint density at radius 2 is 1.71 bits per heavy atom. The lowest BCUT2D eigenvalue weighted by molar-refractivity contribution is 0.372. The van der Waals surface area contributed by atoms with Gasteiger partial charge in [-0.25, -0.2) is 0 Å². The van der Waals surface area contributed by atoms with E-state index in [4.69, 9.17) is 0 Å². The molecule has 1 aromatic rings. The Morgan fingerprint density at radius 3 is 2.21 bits per heavy atom. The van der Waals surface area contributed by atoms with Gasteiger partial charge in [0.1, 0.15) is 0 Å². The minimum absolute atomic E-state index is 0.316. The maximum absolute atomic E-state index is 2.34. The SMILES string of the molecule is CC[C@@H](C)CC(C)(C)c1ccccc1. The van der Waals surface area contributed by atoms with Gasteiger partial charge in [0.25, 0.3) is 0 Å². The van der Waals surface area contributed by atoms with Crippen molar-refractivity contribution in [2.24, 2.45) is 5.92 Å². The van der Waals surface area contributed by atoms with E-state index in [2.05, 4.69) is 58.0 Å². The van der Waals surface area contributed by atoms with Crippen LogP contribution in [0.3, 0.4) is 0 Å². The zero-order valence-corrected chi connectivity index (χ0v) is 9.88. The summed E-state index contributed by atoms with van der Waals surface area (Å²) in [7, 11) is 0. The molecule has 1 aromatic carbocycles. The molecule has 0 saturated heterocycles. The summed E-state index contributed by atoms with van der Waals surface area (Å²) < 4.78 is 0. The Balaban J connectivity index is 2.75. The molecule has 0 amide bonds. The molecule has 0 aromatic heterocycles. The van der Waals surface area contributed by atoms with Crippen LogP contribution in [0.4, 0.5) is 0 Å². The highest BCUT2D eigenvalue weighted by atomic mass is 14.3. The zero-order chi connectivity index (χ0) is 10.6. The van der Waals surface area contributed by atoms with Gasteiger partial charge in [0.05, 0.1) is 0 Å². The average molecular weight is 190 g/mol. The van der Waals surface area contributed by atoms with Gasteiger partial charge in [-0.2, -0.15) is 0 Å². The lowest BCUT2D eigenvalue weighted by atomic mass is 9.77. The smallest absolute Gasteiger partial charge is 0.0101 e. The Labute approximate surface area is 88.4 Å². The first-order valence-corrected chi connectivity index (χ1v) is 5.62. The van der Waals surface area contributed by atoms with Gasteiger partial charge in [-0.3, -0.25) is 0 Å². The van der Waals surface area contributed by atoms with Crippen LogP contribution in [0.2, 0.25) is 0 Å². The van der Waals surface area contributed by atoms with Crippen molar-refractivity contribution < 1.29 is 0 Å². The minimum atomic E-state index is 0.316. The van der Waals surface area contributed by atoms with Gasteiger partial charge in [-0.05, 0) is 23.3 Å². The van der Waals surface area contributed by atoms with Crippen molar-refractivity contribution in [1.82, 2.24) is 0 Å². The van der Waals surface area contributed by atoms with E-state index in [1.54, 1.807) is 0 Å². The average Bonchev–Trinajstić information content (AvgIpc) is 2.18. The maximum atomic E-state index is 2.34. The van der Waals surface area contributed by atoms with E-state index in [-0.39, 0.29) is 0 Å². The molecule has 0 saturated carbocycles. The summed E-state index contributed by atoms with van der Waals surface area (Å²) in [6.07, 6.45) is 2.55. The number of rotatable bonds is 4. The van der Waals surface area contributed by atoms with E-state index < -0.39 is 0 Å². The van der Waals surface area contributed by atoms with Crippen LogP contribution in [-0.2, 0) is 5.41 Å². The molecule has 0 aliphatic heterocycles. The van der Waals surface area contributed by atoms with Crippen molar-refractivity contribution in [2.45, 2.75) is 46.0 Å². The van der Waals surface area contributed by atoms with Crippen LogP contribution in [0.1, 0.15) is 46.1 Å². The van der Waals surface area contributed by atoms with Gasteiger partial charge < -0.3 is 0 Å². The molecule has 0 aliphatic carbocycles. The molecule has 0 heteroatoms. The maximum Gasteiger partial charge on any atom is -0.0101 e. The Hall–Kier alpha value is -0.780. The first-order valence-electron chi connectivity index (χ1n) is 5.62. The van der Waals surface area contributed by atoms with E-state index in [9.17, 15) is 0 Å². The number of hydrogen-bond donors (Lipinski definition) is 0. The van der Waals surface area contributed by atoms with Crippen molar-refractivity contribution in [2.75, 3.05) is 0 Å². The summed E-state index contributed by atoms with van der Waals surface area (Å²) in [6.45, 7) is 9.29. The zero-order valence-electron chi connectivity index (χ0n) is 9.88. The second kappa shape index (κ2) is 4.63. The van der Waals surface area contributed by atoms with Crippen LogP contribution in [0.15, 0.2) is 30.3 Å². The van der Waals surface area contributed by atoms with E-state index in [1.807, 2.05) is 0 Å². The molecule has 0 bridgehead atoms. The van der Waals surface area contributed by atoms with Crippen molar-refractivity contribution in [1.29, 1.82) is 0 Å². The third-order valence-corrected chi connectivity index (χ3v) is 3.11. The highest BCUT2D eigenvalue weighted by Gasteiger charge is 2.22. The molecule has 0 N–H and O–H groups in total. The topological polar surface area (TPSA) is 0 Å². The van der Waals surface area contributed by atoms with Gasteiger partial charge in [0.2, 0.25) is 0 Å². The van der Waals surface area contributed by atoms with Crippen LogP contribution in [-0.4, -0.2) is 0 Å². The summed E-state index contributed by atoms with van der Waals surface area (Å²) in [4.78, 5) is 0. The second-order valence-electron chi connectivity index (χ2n) is 4.97. The van der Waals surface area contributed by atoms with Crippen LogP contribution >= 0.6 is 0 Å². The van der Waals surface area contributed by atoms with Gasteiger partial charge >= 0.3 is 0 Å². The molecule has 0 nitrogen and oxygen atoms in total. The first-order chi connectivity index (χ1) is 6.56. The number of hydrogen-bond acceptors (Lipinski definition) is 0. The second-order valence-corrected chi connectivity index (χ2v) is 4.97. The molecule has 1 atom stereocenters. The van der Waals surface area contributed by atoms with Crippen molar-refractivity contribution in [3.63, 3.8) is 0 Å². The van der Waals surface area contributed by atoms with Crippen LogP contribution in [0.25, 0.3) is 0 Å². The monoisotopic (exact) mass is 190 g/mol. The van der Waals surface area contributed by atoms with Gasteiger partial charge in [0.15, 0.2) is 0 Å². The lowest BCUT2D eigenvalue weighted by Crippen LogP contribution is -2.20. The quantitative estimate of drug-likeness (QED) is 0.660. The Bertz CT molecular complexity index is 259. The predicted octanol–water partition coefficient (Wildman–Crippen LogP) is 4.40. The molecule has 14 heavy (non-hydrogen) atoms. The largest absolute Gasteiger partial charge is 0.0651 e. The normalized spacial score (nSPS) is 14.0. The van der Waals surface area contributed by atoms with Gasteiger partial charge in [0, 0.05) is 0 Å². The summed E-state index contributed by atoms with van der Waals surface area (Å²) >= 11 is 0. The number of benzene rings is 1. The Kier molecular flexibility index (Phi) is 3.74. The predicted molar refractivity (Wildman–Crippen MR) is 63.5 cm³/mol. The standard InChI is InChI=1S/C14H22/c1-5-12(2)11-14(3,4)13-9-7-6-8-10-13/h6-10,12H,5,11H2,1-4H3/t12-/m1/s1. The summed E-state index contributed by atoms with van der Waals surface area (Å²) in [5.41, 5.74) is 1.77. The van der Waals surface area contributed by atoms with E-state index in [0.717, 1.165) is 5.92 Å². The molecular weight excluding hydrogens is 168 g/mol. The van der Waals surface area contributed by atoms with Crippen LogP contribution < -0.4 is 0 Å². The molecule has 0 aliphatic rings. The van der Waals surface area contributed by atoms with Crippen molar-refractivity contribution >= 4 is 0 Å². The third kappa shape index (κ3) is 2.87. The molecule has 0 radical (unpaired) electrons. The molecule has 0 fully saturated rings. The molecule has 1 rings (SSSR count). The fourth-order valence-corrected chi connectivity index (χ4v) is 2.02. The van der Waals surface area contributed by atoms with Gasteiger partial charge in [-0.1, -0.05) is 64.4 Å². The Morgan fingerprint density at radius 1 is 1.14 bits per heavy atom. The summed E-state index contributed by atoms with van der Waals surface area (Å²) in [5, 5.41) is 0.